The molecule has 2 rings (SSSR count). The van der Waals surface area contributed by atoms with E-state index in [-0.39, 0.29) is 0 Å². The van der Waals surface area contributed by atoms with Crippen molar-refractivity contribution in [2.75, 3.05) is 4.90 Å². The van der Waals surface area contributed by atoms with Gasteiger partial charge in [0.15, 0.2) is 0 Å². The van der Waals surface area contributed by atoms with E-state index in [1.807, 2.05) is 26.1 Å². The van der Waals surface area contributed by atoms with Crippen molar-refractivity contribution in [3.63, 3.8) is 0 Å². The second kappa shape index (κ2) is 4.69. The van der Waals surface area contributed by atoms with Crippen molar-refractivity contribution in [2.24, 2.45) is 0 Å². The molecule has 0 N–H and O–H groups in total. The van der Waals surface area contributed by atoms with Crippen LogP contribution in [-0.2, 0) is 0 Å². The molecule has 1 nitrogen and oxygen atoms in total. The molecule has 0 bridgehead atoms. The number of rotatable bonds is 1. The maximum atomic E-state index is 4.17. The van der Waals surface area contributed by atoms with Crippen LogP contribution in [0, 0.1) is 6.92 Å². The lowest BCUT2D eigenvalue weighted by Crippen LogP contribution is -2.23. The summed E-state index contributed by atoms with van der Waals surface area (Å²) in [6.45, 7) is 14.5. The van der Waals surface area contributed by atoms with Gasteiger partial charge in [0.1, 0.15) is 0 Å². The Morgan fingerprint density at radius 3 is 2.50 bits per heavy atom. The topological polar surface area (TPSA) is 3.24 Å². The molecule has 1 aliphatic rings. The third-order valence-corrected chi connectivity index (χ3v) is 3.32. The first-order valence-electron chi connectivity index (χ1n) is 6.18. The van der Waals surface area contributed by atoms with Gasteiger partial charge in [-0.25, -0.2) is 0 Å². The van der Waals surface area contributed by atoms with Gasteiger partial charge in [-0.1, -0.05) is 43.5 Å². The minimum Gasteiger partial charge on any atom is -0.317 e. The van der Waals surface area contributed by atoms with Crippen LogP contribution in [0.3, 0.4) is 0 Å². The van der Waals surface area contributed by atoms with E-state index in [0.29, 0.717) is 0 Å². The van der Waals surface area contributed by atoms with Crippen molar-refractivity contribution < 1.29 is 0 Å². The summed E-state index contributed by atoms with van der Waals surface area (Å²) in [6.07, 6.45) is 6.18. The Morgan fingerprint density at radius 2 is 1.89 bits per heavy atom. The molecule has 18 heavy (non-hydrogen) atoms. The number of allylic oxidation sites excluding steroid dienone is 3. The lowest BCUT2D eigenvalue weighted by atomic mass is 9.88. The van der Waals surface area contributed by atoms with E-state index in [1.165, 1.54) is 22.4 Å². The number of hydrogen-bond acceptors (Lipinski definition) is 1. The summed E-state index contributed by atoms with van der Waals surface area (Å²) in [5.41, 5.74) is 6.81. The molecule has 1 heterocycles. The van der Waals surface area contributed by atoms with Crippen molar-refractivity contribution in [3.05, 3.63) is 72.1 Å². The quantitative estimate of drug-likeness (QED) is 0.676. The van der Waals surface area contributed by atoms with Gasteiger partial charge in [0.25, 0.3) is 0 Å². The SMILES string of the molecule is C=C1C(=C)N(/C=C\C)c2c(C)cccc2/C1=C/C. The molecule has 1 aromatic rings. The molecular weight excluding hydrogens is 218 g/mol. The monoisotopic (exact) mass is 237 g/mol. The van der Waals surface area contributed by atoms with Crippen LogP contribution in [0.1, 0.15) is 25.0 Å². The number of fused-ring (bicyclic) bond motifs is 1. The van der Waals surface area contributed by atoms with Gasteiger partial charge in [-0.15, -0.1) is 0 Å². The second-order valence-electron chi connectivity index (χ2n) is 4.45. The van der Waals surface area contributed by atoms with Crippen LogP contribution in [0.25, 0.3) is 5.57 Å². The highest BCUT2D eigenvalue weighted by Gasteiger charge is 2.25. The van der Waals surface area contributed by atoms with Crippen LogP contribution >= 0.6 is 0 Å². The molecule has 0 fully saturated rings. The molecule has 0 atom stereocenters. The molecule has 0 unspecified atom stereocenters. The van der Waals surface area contributed by atoms with Gasteiger partial charge in [0.05, 0.1) is 5.69 Å². The van der Waals surface area contributed by atoms with Gasteiger partial charge >= 0.3 is 0 Å². The van der Waals surface area contributed by atoms with E-state index >= 15 is 0 Å². The first-order valence-corrected chi connectivity index (χ1v) is 6.18. The fourth-order valence-corrected chi connectivity index (χ4v) is 2.44. The molecule has 0 saturated carbocycles. The number of benzene rings is 1. The lowest BCUT2D eigenvalue weighted by molar-refractivity contribution is 1.13. The highest BCUT2D eigenvalue weighted by Crippen LogP contribution is 2.43. The van der Waals surface area contributed by atoms with Gasteiger partial charge in [-0.05, 0) is 37.5 Å². The normalized spacial score (nSPS) is 17.7. The zero-order chi connectivity index (χ0) is 13.3. The zero-order valence-corrected chi connectivity index (χ0v) is 11.3. The standard InChI is InChI=1S/C17H19N/c1-6-11-18-14(5)13(4)15(7-2)16-10-8-9-12(3)17(16)18/h6-11H,4-5H2,1-3H3/b11-6-,15-7+. The van der Waals surface area contributed by atoms with Crippen molar-refractivity contribution in [2.45, 2.75) is 20.8 Å². The third-order valence-electron chi connectivity index (χ3n) is 3.32. The van der Waals surface area contributed by atoms with Crippen LogP contribution in [-0.4, -0.2) is 0 Å². The average molecular weight is 237 g/mol. The van der Waals surface area contributed by atoms with Crippen LogP contribution in [0.15, 0.2) is 61.0 Å². The highest BCUT2D eigenvalue weighted by molar-refractivity contribution is 5.95. The van der Waals surface area contributed by atoms with Crippen LogP contribution in [0.4, 0.5) is 5.69 Å². The highest BCUT2D eigenvalue weighted by atomic mass is 15.1. The van der Waals surface area contributed by atoms with E-state index in [2.05, 4.69) is 49.3 Å². The van der Waals surface area contributed by atoms with Gasteiger partial charge in [0, 0.05) is 17.5 Å². The van der Waals surface area contributed by atoms with E-state index in [9.17, 15) is 0 Å². The van der Waals surface area contributed by atoms with E-state index in [0.717, 1.165) is 11.3 Å². The van der Waals surface area contributed by atoms with Crippen molar-refractivity contribution in [1.82, 2.24) is 0 Å². The fraction of sp³-hybridized carbons (Fsp3) is 0.176. The number of para-hydroxylation sites is 1. The Balaban J connectivity index is 2.77. The molecule has 1 aromatic carbocycles. The molecule has 0 radical (unpaired) electrons. The molecule has 0 saturated heterocycles. The molecule has 0 aromatic heterocycles. The summed E-state index contributed by atoms with van der Waals surface area (Å²) in [5.74, 6) is 0. The largest absolute Gasteiger partial charge is 0.317 e. The van der Waals surface area contributed by atoms with Gasteiger partial charge in [-0.2, -0.15) is 0 Å². The average Bonchev–Trinajstić information content (AvgIpc) is 2.36. The smallest absolute Gasteiger partial charge is 0.0563 e. The molecule has 1 heteroatoms. The Labute approximate surface area is 109 Å². The van der Waals surface area contributed by atoms with Gasteiger partial charge in [0.2, 0.25) is 0 Å². The number of aryl methyl sites for hydroxylation is 1. The van der Waals surface area contributed by atoms with Crippen molar-refractivity contribution in [3.8, 4) is 0 Å². The minimum absolute atomic E-state index is 0.947. The molecule has 0 spiro atoms. The predicted octanol–water partition coefficient (Wildman–Crippen LogP) is 4.82. The molecule has 92 valence electrons. The maximum Gasteiger partial charge on any atom is 0.0563 e. The van der Waals surface area contributed by atoms with Gasteiger partial charge in [-0.3, -0.25) is 0 Å². The molecule has 0 amide bonds. The van der Waals surface area contributed by atoms with E-state index < -0.39 is 0 Å². The van der Waals surface area contributed by atoms with E-state index in [4.69, 9.17) is 0 Å². The minimum atomic E-state index is 0.947. The van der Waals surface area contributed by atoms with E-state index in [1.54, 1.807) is 0 Å². The van der Waals surface area contributed by atoms with Crippen molar-refractivity contribution >= 4 is 11.3 Å². The summed E-state index contributed by atoms with van der Waals surface area (Å²) in [4.78, 5) is 2.12. The summed E-state index contributed by atoms with van der Waals surface area (Å²) in [5, 5.41) is 0. The number of anilines is 1. The Kier molecular flexibility index (Phi) is 3.24. The maximum absolute atomic E-state index is 4.17. The number of hydrogen-bond donors (Lipinski definition) is 0. The van der Waals surface area contributed by atoms with Crippen LogP contribution in [0.2, 0.25) is 0 Å². The van der Waals surface area contributed by atoms with Crippen molar-refractivity contribution in [1.29, 1.82) is 0 Å². The summed E-state index contributed by atoms with van der Waals surface area (Å²) >= 11 is 0. The first-order chi connectivity index (χ1) is 8.61. The Bertz CT molecular complexity index is 573. The fourth-order valence-electron chi connectivity index (χ4n) is 2.44. The van der Waals surface area contributed by atoms with Gasteiger partial charge < -0.3 is 4.90 Å². The second-order valence-corrected chi connectivity index (χ2v) is 4.45. The summed E-state index contributed by atoms with van der Waals surface area (Å²) in [7, 11) is 0. The molecule has 0 aliphatic carbocycles. The Morgan fingerprint density at radius 1 is 1.17 bits per heavy atom. The third kappa shape index (κ3) is 1.72. The molecular formula is C17H19N. The van der Waals surface area contributed by atoms with Crippen LogP contribution < -0.4 is 4.90 Å². The predicted molar refractivity (Wildman–Crippen MR) is 80.4 cm³/mol. The Hall–Kier alpha value is -2.02. The molecule has 1 aliphatic heterocycles. The zero-order valence-electron chi connectivity index (χ0n) is 11.3. The first kappa shape index (κ1) is 12.4. The summed E-state index contributed by atoms with van der Waals surface area (Å²) in [6, 6.07) is 6.36. The lowest BCUT2D eigenvalue weighted by Gasteiger charge is -2.34. The summed E-state index contributed by atoms with van der Waals surface area (Å²) < 4.78 is 0. The number of nitrogens with zero attached hydrogens (tertiary/aromatic N) is 1. The van der Waals surface area contributed by atoms with Crippen LogP contribution in [0.5, 0.6) is 0 Å².